The Hall–Kier alpha value is -0.610. The minimum Gasteiger partial charge on any atom is -0.458 e. The van der Waals surface area contributed by atoms with Crippen LogP contribution in [0.4, 0.5) is 0 Å². The maximum Gasteiger partial charge on any atom is 0.308 e. The van der Waals surface area contributed by atoms with Crippen molar-refractivity contribution >= 4 is 5.97 Å². The van der Waals surface area contributed by atoms with Gasteiger partial charge >= 0.3 is 5.97 Å². The average molecular weight is 255 g/mol. The first kappa shape index (κ1) is 13.8. The second-order valence-corrected chi connectivity index (χ2v) is 5.85. The van der Waals surface area contributed by atoms with E-state index in [-0.39, 0.29) is 17.5 Å². The molecule has 0 radical (unpaired) electrons. The van der Waals surface area contributed by atoms with Gasteiger partial charge in [-0.1, -0.05) is 13.8 Å². The normalized spacial score (nSPS) is 24.4. The molecule has 0 amide bonds. The Bertz CT molecular complexity index is 279. The van der Waals surface area contributed by atoms with Gasteiger partial charge in [-0.15, -0.1) is 0 Å². The third-order valence-electron chi connectivity index (χ3n) is 3.92. The van der Waals surface area contributed by atoms with Gasteiger partial charge in [-0.2, -0.15) is 0 Å². The molecule has 0 N–H and O–H groups in total. The molecule has 1 saturated carbocycles. The average Bonchev–Trinajstić information content (AvgIpc) is 2.78. The summed E-state index contributed by atoms with van der Waals surface area (Å²) in [4.78, 5) is 14.3. The number of hydrogen-bond acceptors (Lipinski definition) is 4. The minimum atomic E-state index is -0.224. The number of nitrogens with zero attached hydrogens (tertiary/aromatic N) is 1. The van der Waals surface area contributed by atoms with Crippen LogP contribution >= 0.6 is 0 Å². The first-order valence-corrected chi connectivity index (χ1v) is 7.14. The summed E-state index contributed by atoms with van der Waals surface area (Å²) in [5.74, 6) is -0.0858. The van der Waals surface area contributed by atoms with E-state index in [2.05, 4.69) is 4.90 Å². The van der Waals surface area contributed by atoms with E-state index in [0.717, 1.165) is 45.7 Å². The van der Waals surface area contributed by atoms with Gasteiger partial charge < -0.3 is 9.47 Å². The van der Waals surface area contributed by atoms with Crippen molar-refractivity contribution in [2.24, 2.45) is 5.92 Å². The van der Waals surface area contributed by atoms with Gasteiger partial charge in [0.2, 0.25) is 0 Å². The number of ether oxygens (including phenoxy) is 2. The van der Waals surface area contributed by atoms with E-state index in [1.54, 1.807) is 0 Å². The van der Waals surface area contributed by atoms with E-state index in [4.69, 9.17) is 9.47 Å². The standard InChI is InChI=1S/C14H25NO3/c1-12(2)13(16)18-14(5-3-4-6-14)11-15-7-9-17-10-8-15/h12H,3-11H2,1-2H3. The van der Waals surface area contributed by atoms with E-state index >= 15 is 0 Å². The molecule has 0 spiro atoms. The van der Waals surface area contributed by atoms with Crippen LogP contribution in [0.5, 0.6) is 0 Å². The zero-order valence-electron chi connectivity index (χ0n) is 11.6. The number of carbonyl (C=O) groups is 1. The van der Waals surface area contributed by atoms with E-state index in [1.165, 1.54) is 12.8 Å². The van der Waals surface area contributed by atoms with Crippen LogP contribution in [0.3, 0.4) is 0 Å². The highest BCUT2D eigenvalue weighted by atomic mass is 16.6. The molecule has 1 aliphatic heterocycles. The van der Waals surface area contributed by atoms with Crippen molar-refractivity contribution in [3.63, 3.8) is 0 Å². The summed E-state index contributed by atoms with van der Waals surface area (Å²) in [6.07, 6.45) is 4.39. The largest absolute Gasteiger partial charge is 0.458 e. The summed E-state index contributed by atoms with van der Waals surface area (Å²) in [5, 5.41) is 0. The summed E-state index contributed by atoms with van der Waals surface area (Å²) in [6.45, 7) is 8.21. The van der Waals surface area contributed by atoms with Crippen molar-refractivity contribution in [1.82, 2.24) is 4.90 Å². The molecule has 0 aromatic carbocycles. The van der Waals surface area contributed by atoms with Crippen LogP contribution in [0.25, 0.3) is 0 Å². The summed E-state index contributed by atoms with van der Waals surface area (Å²) in [5.41, 5.74) is -0.224. The molecular formula is C14H25NO3. The van der Waals surface area contributed by atoms with Gasteiger partial charge in [0.1, 0.15) is 5.60 Å². The van der Waals surface area contributed by atoms with Gasteiger partial charge in [0.05, 0.1) is 19.1 Å². The molecule has 0 unspecified atom stereocenters. The number of esters is 1. The van der Waals surface area contributed by atoms with Crippen LogP contribution in [0.15, 0.2) is 0 Å². The molecule has 1 saturated heterocycles. The van der Waals surface area contributed by atoms with Gasteiger partial charge in [0.15, 0.2) is 0 Å². The molecule has 2 aliphatic rings. The molecule has 0 aromatic rings. The smallest absolute Gasteiger partial charge is 0.308 e. The fraction of sp³-hybridized carbons (Fsp3) is 0.929. The van der Waals surface area contributed by atoms with E-state index in [0.29, 0.717) is 0 Å². The summed E-state index contributed by atoms with van der Waals surface area (Å²) < 4.78 is 11.2. The second kappa shape index (κ2) is 6.02. The maximum atomic E-state index is 11.9. The molecule has 0 atom stereocenters. The third-order valence-corrected chi connectivity index (χ3v) is 3.92. The molecule has 1 aliphatic carbocycles. The SMILES string of the molecule is CC(C)C(=O)OC1(CN2CCOCC2)CCCC1. The zero-order valence-corrected chi connectivity index (χ0v) is 11.6. The Kier molecular flexibility index (Phi) is 4.62. The Morgan fingerprint density at radius 3 is 2.44 bits per heavy atom. The Labute approximate surface area is 110 Å². The molecule has 1 heterocycles. The van der Waals surface area contributed by atoms with Crippen LogP contribution in [0.2, 0.25) is 0 Å². The lowest BCUT2D eigenvalue weighted by atomic mass is 10.0. The Balaban J connectivity index is 1.95. The van der Waals surface area contributed by atoms with E-state index in [9.17, 15) is 4.79 Å². The molecule has 0 bridgehead atoms. The highest BCUT2D eigenvalue weighted by Crippen LogP contribution is 2.35. The number of carbonyl (C=O) groups excluding carboxylic acids is 1. The van der Waals surface area contributed by atoms with Crippen molar-refractivity contribution in [2.45, 2.75) is 45.1 Å². The first-order chi connectivity index (χ1) is 8.61. The molecule has 18 heavy (non-hydrogen) atoms. The highest BCUT2D eigenvalue weighted by molar-refractivity contribution is 5.72. The predicted molar refractivity (Wildman–Crippen MR) is 69.4 cm³/mol. The summed E-state index contributed by atoms with van der Waals surface area (Å²) >= 11 is 0. The Morgan fingerprint density at radius 1 is 1.28 bits per heavy atom. The molecule has 104 valence electrons. The van der Waals surface area contributed by atoms with Gasteiger partial charge in [0.25, 0.3) is 0 Å². The third kappa shape index (κ3) is 3.45. The molecule has 0 aromatic heterocycles. The molecule has 4 nitrogen and oxygen atoms in total. The number of hydrogen-bond donors (Lipinski definition) is 0. The second-order valence-electron chi connectivity index (χ2n) is 5.85. The predicted octanol–water partition coefficient (Wildman–Crippen LogP) is 1.83. The fourth-order valence-corrected chi connectivity index (χ4v) is 2.81. The lowest BCUT2D eigenvalue weighted by Gasteiger charge is -2.37. The lowest BCUT2D eigenvalue weighted by Crippen LogP contribution is -2.48. The highest BCUT2D eigenvalue weighted by Gasteiger charge is 2.39. The van der Waals surface area contributed by atoms with Crippen molar-refractivity contribution in [2.75, 3.05) is 32.8 Å². The molecule has 2 fully saturated rings. The van der Waals surface area contributed by atoms with Crippen LogP contribution in [0, 0.1) is 5.92 Å². The monoisotopic (exact) mass is 255 g/mol. The maximum absolute atomic E-state index is 11.9. The molecular weight excluding hydrogens is 230 g/mol. The molecule has 4 heteroatoms. The van der Waals surface area contributed by atoms with Crippen LogP contribution < -0.4 is 0 Å². The first-order valence-electron chi connectivity index (χ1n) is 7.14. The summed E-state index contributed by atoms with van der Waals surface area (Å²) in [6, 6.07) is 0. The summed E-state index contributed by atoms with van der Waals surface area (Å²) in [7, 11) is 0. The molecule has 2 rings (SSSR count). The zero-order chi connectivity index (χ0) is 13.0. The Morgan fingerprint density at radius 2 is 1.89 bits per heavy atom. The van der Waals surface area contributed by atoms with Crippen molar-refractivity contribution in [1.29, 1.82) is 0 Å². The topological polar surface area (TPSA) is 38.8 Å². The van der Waals surface area contributed by atoms with Crippen molar-refractivity contribution in [3.8, 4) is 0 Å². The lowest BCUT2D eigenvalue weighted by molar-refractivity contribution is -0.166. The van der Waals surface area contributed by atoms with Crippen LogP contribution in [-0.4, -0.2) is 49.3 Å². The van der Waals surface area contributed by atoms with Gasteiger partial charge in [-0.3, -0.25) is 9.69 Å². The van der Waals surface area contributed by atoms with Crippen molar-refractivity contribution in [3.05, 3.63) is 0 Å². The van der Waals surface area contributed by atoms with E-state index < -0.39 is 0 Å². The van der Waals surface area contributed by atoms with Gasteiger partial charge in [0, 0.05) is 19.6 Å². The number of rotatable bonds is 4. The van der Waals surface area contributed by atoms with E-state index in [1.807, 2.05) is 13.8 Å². The van der Waals surface area contributed by atoms with Crippen LogP contribution in [-0.2, 0) is 14.3 Å². The van der Waals surface area contributed by atoms with Crippen molar-refractivity contribution < 1.29 is 14.3 Å². The minimum absolute atomic E-state index is 0.0350. The quantitative estimate of drug-likeness (QED) is 0.718. The van der Waals surface area contributed by atoms with Gasteiger partial charge in [-0.25, -0.2) is 0 Å². The van der Waals surface area contributed by atoms with Gasteiger partial charge in [-0.05, 0) is 25.7 Å². The van der Waals surface area contributed by atoms with Crippen LogP contribution in [0.1, 0.15) is 39.5 Å². The fourth-order valence-electron chi connectivity index (χ4n) is 2.81. The number of morpholine rings is 1.